The summed E-state index contributed by atoms with van der Waals surface area (Å²) in [6.45, 7) is 10.1. The number of nitrogens with one attached hydrogen (secondary N) is 5. The maximum atomic E-state index is 14.0. The number of aliphatic hydroxyl groups is 6. The summed E-state index contributed by atoms with van der Waals surface area (Å²) >= 11 is 0. The highest BCUT2D eigenvalue weighted by Gasteiger charge is 2.62. The fraction of sp³-hybridized carbons (Fsp3) is 0.845. The molecule has 0 unspecified atom stereocenters. The van der Waals surface area contributed by atoms with Crippen LogP contribution in [0.15, 0.2) is 18.6 Å². The number of carboxylic acid groups (broad SMARTS) is 1. The molecular weight excluding hydrogens is 1580 g/mol. The molecule has 9 rings (SSSR count). The highest BCUT2D eigenvalue weighted by Crippen LogP contribution is 2.40. The van der Waals surface area contributed by atoms with Crippen molar-refractivity contribution in [2.75, 3.05) is 205 Å². The van der Waals surface area contributed by atoms with E-state index in [1.807, 2.05) is 0 Å². The van der Waals surface area contributed by atoms with Crippen LogP contribution in [0.1, 0.15) is 63.5 Å². The number of fused-ring (bicyclic) bond motifs is 6. The number of carbonyl (C=O) groups excluding carboxylic acids is 4. The quantitative estimate of drug-likeness (QED) is 0.0234. The van der Waals surface area contributed by atoms with Gasteiger partial charge in [0, 0.05) is 33.7 Å². The highest BCUT2D eigenvalue weighted by molar-refractivity contribution is 5.77. The lowest BCUT2D eigenvalue weighted by molar-refractivity contribution is -0.238. The number of amides is 5. The highest BCUT2D eigenvalue weighted by atomic mass is 16.8. The molecule has 0 aliphatic carbocycles. The molecule has 47 nitrogen and oxygen atoms in total. The number of ether oxygens (including phenoxy) is 21. The molecule has 47 heteroatoms. The number of aliphatic hydroxyl groups excluding tert-OH is 6. The Morgan fingerprint density at radius 2 is 0.703 bits per heavy atom. The average molecular weight is 1700 g/mol. The van der Waals surface area contributed by atoms with Crippen LogP contribution < -0.4 is 26.6 Å². The fourth-order valence-electron chi connectivity index (χ4n) is 13.4. The van der Waals surface area contributed by atoms with E-state index in [1.165, 1.54) is 20.8 Å². The molecule has 3 aromatic rings. The number of nitrogens with zero attached hydrogens (tertiary/aromatic N) is 9. The third-order valence-electron chi connectivity index (χ3n) is 19.4. The van der Waals surface area contributed by atoms with E-state index < -0.39 is 120 Å². The molecule has 3 aromatic heterocycles. The molecule has 5 amide bonds. The summed E-state index contributed by atoms with van der Waals surface area (Å²) < 4.78 is 126. The Balaban J connectivity index is 0.678. The molecule has 6 saturated heterocycles. The molecule has 0 spiro atoms. The standard InChI is InChI=1S/C71H118N14O33/c1-48(86)73-55-58(90)61(93)69(45-113-64(55)116-69)42-107-30-27-104-24-21-101-18-15-98-12-9-83-33-51(77-80-83)36-110-39-68(76-54(89)7-5-4-6-8-72-67(96)97,40-111-37-52-34-84(81-78-52)10-13-99-16-19-102-22-25-105-28-31-108-43-70-46-114-65(117-70)56(74-49(2)87)59(91)62(70)94)41-112-38-53-35-85(82-79-53)11-14-100-17-20-103-23-26-106-29-32-109-44-71-47-115-66(118-71)57(75-50(3)88)60(92)63(71)95/h33-35,55-66,72,90-95H,4-32,36-47H2,1-3H3,(H,73,86)(H,74,87)(H,75,88)(H,76,89)(H,96,97)/t55-,56-,57-,58-,59-,60-,61-,62-,63-,64+,65+,66+,69-,70-,71-/m1/s1. The molecule has 12 N–H and O–H groups in total. The van der Waals surface area contributed by atoms with Crippen molar-refractivity contribution in [3.05, 3.63) is 35.7 Å². The number of rotatable bonds is 64. The van der Waals surface area contributed by atoms with Crippen LogP contribution in [-0.2, 0) is 158 Å². The second-order valence-corrected chi connectivity index (χ2v) is 29.0. The van der Waals surface area contributed by atoms with Crippen LogP contribution in [0.5, 0.6) is 0 Å². The first-order valence-corrected chi connectivity index (χ1v) is 39.5. The van der Waals surface area contributed by atoms with E-state index in [-0.39, 0.29) is 177 Å². The Morgan fingerprint density at radius 1 is 0.415 bits per heavy atom. The van der Waals surface area contributed by atoms with Gasteiger partial charge in [-0.15, -0.1) is 15.3 Å². The SMILES string of the molecule is CC(=O)N[C@H]1[C@H]2OC[C@@](COCCOCCOCCOCCn3cc(COCC(COCc4cn(CCOCCOCCOCCOC[C@]56CO[C@@H](O5)[C@H](NC(C)=O)[C@@H](O)[C@H]6O)nn4)(COCc4cn(CCOCCOCCOCCOC[C@]56CO[C@@H](O5)[C@H](NC(C)=O)[C@@H](O)[C@H]6O)nn4)NC(=O)CCCCCNC(=O)O)nn3)(O2)[C@H](O)[C@@H]1O. The van der Waals surface area contributed by atoms with Gasteiger partial charge in [-0.25, -0.2) is 18.8 Å². The van der Waals surface area contributed by atoms with E-state index >= 15 is 0 Å². The maximum absolute atomic E-state index is 14.0. The predicted octanol–water partition coefficient (Wildman–Crippen LogP) is -6.65. The number of unbranched alkanes of at least 4 members (excludes halogenated alkanes) is 2. The summed E-state index contributed by atoms with van der Waals surface area (Å²) in [5.74, 6) is -1.52. The van der Waals surface area contributed by atoms with E-state index in [2.05, 4.69) is 57.5 Å². The summed E-state index contributed by atoms with van der Waals surface area (Å²) in [5, 5.41) is 112. The molecule has 118 heavy (non-hydrogen) atoms. The van der Waals surface area contributed by atoms with Crippen molar-refractivity contribution < 1.29 is 159 Å². The molecule has 6 aliphatic rings. The van der Waals surface area contributed by atoms with Crippen molar-refractivity contribution in [2.24, 2.45) is 0 Å². The smallest absolute Gasteiger partial charge is 0.404 e. The number of hydrogen-bond donors (Lipinski definition) is 12. The third-order valence-corrected chi connectivity index (χ3v) is 19.4. The van der Waals surface area contributed by atoms with Gasteiger partial charge in [0.2, 0.25) is 23.6 Å². The van der Waals surface area contributed by atoms with Gasteiger partial charge in [0.25, 0.3) is 0 Å². The van der Waals surface area contributed by atoms with Gasteiger partial charge in [-0.3, -0.25) is 19.2 Å². The molecule has 0 aromatic carbocycles. The van der Waals surface area contributed by atoms with E-state index in [9.17, 15) is 54.6 Å². The Kier molecular flexibility index (Phi) is 40.5. The van der Waals surface area contributed by atoms with E-state index in [0.29, 0.717) is 115 Å². The van der Waals surface area contributed by atoms with Crippen molar-refractivity contribution >= 4 is 29.7 Å². The maximum Gasteiger partial charge on any atom is 0.404 e. The first kappa shape index (κ1) is 95.3. The minimum atomic E-state index is -1.35. The minimum absolute atomic E-state index is 0.0181. The van der Waals surface area contributed by atoms with Crippen LogP contribution in [0, 0.1) is 0 Å². The molecular formula is C71H118N14O33. The molecule has 0 radical (unpaired) electrons. The zero-order valence-electron chi connectivity index (χ0n) is 66.9. The summed E-state index contributed by atoms with van der Waals surface area (Å²) in [7, 11) is 0. The average Bonchev–Trinajstić information content (AvgIpc) is 1.60. The number of aromatic nitrogens is 9. The first-order chi connectivity index (χ1) is 57.1. The van der Waals surface area contributed by atoms with Gasteiger partial charge in [0.1, 0.15) is 94.2 Å². The lowest BCUT2D eigenvalue weighted by atomic mass is 9.88. The predicted molar refractivity (Wildman–Crippen MR) is 394 cm³/mol. The van der Waals surface area contributed by atoms with E-state index in [0.717, 1.165) is 0 Å². The largest absolute Gasteiger partial charge is 0.465 e. The Morgan fingerprint density at radius 3 is 0.992 bits per heavy atom. The summed E-state index contributed by atoms with van der Waals surface area (Å²) in [4.78, 5) is 59.7. The second kappa shape index (κ2) is 50.2. The van der Waals surface area contributed by atoms with Gasteiger partial charge in [0.05, 0.1) is 256 Å². The van der Waals surface area contributed by atoms with Crippen molar-refractivity contribution in [1.82, 2.24) is 71.6 Å². The number of hydrogen-bond acceptors (Lipinski definition) is 38. The van der Waals surface area contributed by atoms with Crippen molar-refractivity contribution in [3.8, 4) is 0 Å². The van der Waals surface area contributed by atoms with Crippen LogP contribution in [-0.4, -0.2) is 411 Å². The van der Waals surface area contributed by atoms with Gasteiger partial charge >= 0.3 is 6.09 Å². The van der Waals surface area contributed by atoms with Crippen molar-refractivity contribution in [1.29, 1.82) is 0 Å². The zero-order valence-corrected chi connectivity index (χ0v) is 66.9. The molecule has 9 heterocycles. The van der Waals surface area contributed by atoms with Crippen LogP contribution in [0.2, 0.25) is 0 Å². The monoisotopic (exact) mass is 1690 g/mol. The topological polar surface area (TPSA) is 573 Å². The van der Waals surface area contributed by atoms with Crippen LogP contribution in [0.3, 0.4) is 0 Å². The molecule has 6 aliphatic heterocycles. The van der Waals surface area contributed by atoms with Crippen LogP contribution in [0.25, 0.3) is 0 Å². The lowest BCUT2D eigenvalue weighted by Gasteiger charge is -2.42. The molecule has 6 fully saturated rings. The third kappa shape index (κ3) is 30.5. The Hall–Kier alpha value is -6.51. The van der Waals surface area contributed by atoms with Gasteiger partial charge in [-0.1, -0.05) is 22.1 Å². The molecule has 15 atom stereocenters. The fourth-order valence-corrected chi connectivity index (χ4v) is 13.4. The second-order valence-electron chi connectivity index (χ2n) is 29.0. The zero-order chi connectivity index (χ0) is 84.0. The van der Waals surface area contributed by atoms with E-state index in [1.54, 1.807) is 32.6 Å². The van der Waals surface area contributed by atoms with Crippen LogP contribution >= 0.6 is 0 Å². The molecule has 6 bridgehead atoms. The van der Waals surface area contributed by atoms with Gasteiger partial charge < -0.3 is 162 Å². The summed E-state index contributed by atoms with van der Waals surface area (Å²) in [6.07, 6.45) is -5.10. The molecule has 670 valence electrons. The Labute approximate surface area is 680 Å². The van der Waals surface area contributed by atoms with Gasteiger partial charge in [-0.2, -0.15) is 0 Å². The normalized spacial score (nSPS) is 26.4. The van der Waals surface area contributed by atoms with Gasteiger partial charge in [-0.05, 0) is 12.8 Å². The number of carbonyl (C=O) groups is 5. The van der Waals surface area contributed by atoms with E-state index in [4.69, 9.17) is 105 Å². The summed E-state index contributed by atoms with van der Waals surface area (Å²) in [6, 6.07) is -2.74. The first-order valence-electron chi connectivity index (χ1n) is 39.5. The molecule has 0 saturated carbocycles. The minimum Gasteiger partial charge on any atom is -0.465 e. The van der Waals surface area contributed by atoms with Crippen molar-refractivity contribution in [2.45, 2.75) is 182 Å². The van der Waals surface area contributed by atoms with Crippen molar-refractivity contribution in [3.63, 3.8) is 0 Å². The van der Waals surface area contributed by atoms with Crippen LogP contribution in [0.4, 0.5) is 4.79 Å². The summed E-state index contributed by atoms with van der Waals surface area (Å²) in [5.41, 5.74) is -3.71. The Bertz CT molecular complexity index is 3100. The lowest BCUT2D eigenvalue weighted by Crippen LogP contribution is -2.66. The van der Waals surface area contributed by atoms with Gasteiger partial charge in [0.15, 0.2) is 18.9 Å².